The molecule has 0 unspecified atom stereocenters. The lowest BCUT2D eigenvalue weighted by molar-refractivity contribution is -0.385. The molecule has 0 radical (unpaired) electrons. The van der Waals surface area contributed by atoms with Crippen molar-refractivity contribution in [2.24, 2.45) is 0 Å². The third kappa shape index (κ3) is 3.40. The van der Waals surface area contributed by atoms with Gasteiger partial charge >= 0.3 is 17.5 Å². The Balaban J connectivity index is 1.81. The number of benzene rings is 2. The maximum Gasteiger partial charge on any atom is 0.416 e. The highest BCUT2D eigenvalue weighted by Crippen LogP contribution is 2.40. The second kappa shape index (κ2) is 7.16. The lowest BCUT2D eigenvalue weighted by atomic mass is 9.90. The average Bonchev–Trinajstić information content (AvgIpc) is 2.70. The smallest absolute Gasteiger partial charge is 0.416 e. The highest BCUT2D eigenvalue weighted by atomic mass is 19.4. The van der Waals surface area contributed by atoms with E-state index in [2.05, 4.69) is 0 Å². The van der Waals surface area contributed by atoms with Gasteiger partial charge in [-0.2, -0.15) is 13.2 Å². The number of halogens is 3. The van der Waals surface area contributed by atoms with E-state index in [0.29, 0.717) is 29.2 Å². The first-order valence-corrected chi connectivity index (χ1v) is 9.28. The molecule has 0 saturated heterocycles. The molecule has 4 rings (SSSR count). The molecule has 0 saturated carbocycles. The van der Waals surface area contributed by atoms with Gasteiger partial charge in [0.05, 0.1) is 10.5 Å². The van der Waals surface area contributed by atoms with Gasteiger partial charge in [0, 0.05) is 22.6 Å². The molecule has 0 aliphatic heterocycles. The number of alkyl halides is 3. The van der Waals surface area contributed by atoms with Crippen molar-refractivity contribution in [2.75, 3.05) is 0 Å². The number of fused-ring (bicyclic) bond motifs is 3. The van der Waals surface area contributed by atoms with Gasteiger partial charge in [0.15, 0.2) is 0 Å². The van der Waals surface area contributed by atoms with Crippen LogP contribution in [0.4, 0.5) is 18.9 Å². The summed E-state index contributed by atoms with van der Waals surface area (Å²) in [6.45, 7) is 1.63. The van der Waals surface area contributed by atoms with Crippen LogP contribution in [-0.2, 0) is 19.0 Å². The average molecular weight is 419 g/mol. The molecule has 0 amide bonds. The van der Waals surface area contributed by atoms with Crippen molar-refractivity contribution in [3.63, 3.8) is 0 Å². The van der Waals surface area contributed by atoms with Crippen molar-refractivity contribution in [3.8, 4) is 11.5 Å². The molecule has 0 N–H and O–H groups in total. The van der Waals surface area contributed by atoms with E-state index in [1.165, 1.54) is 0 Å². The Bertz CT molecular complexity index is 1230. The van der Waals surface area contributed by atoms with Gasteiger partial charge in [-0.3, -0.25) is 10.1 Å². The van der Waals surface area contributed by atoms with Gasteiger partial charge in [0.25, 0.3) is 0 Å². The van der Waals surface area contributed by atoms with Gasteiger partial charge < -0.3 is 9.15 Å². The lowest BCUT2D eigenvalue weighted by Gasteiger charge is -2.18. The predicted octanol–water partition coefficient (Wildman–Crippen LogP) is 5.70. The van der Waals surface area contributed by atoms with Crippen molar-refractivity contribution >= 4 is 16.7 Å². The Labute approximate surface area is 168 Å². The number of ether oxygens (including phenoxy) is 1. The first-order valence-electron chi connectivity index (χ1n) is 9.28. The molecule has 1 aliphatic carbocycles. The Morgan fingerprint density at radius 3 is 2.40 bits per heavy atom. The summed E-state index contributed by atoms with van der Waals surface area (Å²) in [5.74, 6) is -0.181. The summed E-state index contributed by atoms with van der Waals surface area (Å²) < 4.78 is 49.8. The van der Waals surface area contributed by atoms with Crippen LogP contribution < -0.4 is 10.4 Å². The molecule has 1 aliphatic rings. The number of hydrogen-bond donors (Lipinski definition) is 0. The number of nitrogens with zero attached hydrogens (tertiary/aromatic N) is 1. The van der Waals surface area contributed by atoms with Gasteiger partial charge in [0.2, 0.25) is 5.75 Å². The van der Waals surface area contributed by atoms with Crippen molar-refractivity contribution in [1.29, 1.82) is 0 Å². The summed E-state index contributed by atoms with van der Waals surface area (Å²) in [6.07, 6.45) is -1.43. The number of rotatable bonds is 3. The van der Waals surface area contributed by atoms with Gasteiger partial charge in [-0.25, -0.2) is 4.79 Å². The second-order valence-electron chi connectivity index (χ2n) is 7.16. The van der Waals surface area contributed by atoms with E-state index in [0.717, 1.165) is 42.3 Å². The SMILES string of the molecule is Cc1c(Oc2ccc(C(F)(F)F)cc2[N+](=O)[O-])ccc2c3c(c(=O)oc12)CCCC3. The fraction of sp³-hybridized carbons (Fsp3) is 0.286. The Hall–Kier alpha value is -3.36. The van der Waals surface area contributed by atoms with Crippen LogP contribution in [-0.4, -0.2) is 4.92 Å². The van der Waals surface area contributed by atoms with Crippen molar-refractivity contribution in [1.82, 2.24) is 0 Å². The molecule has 9 heteroatoms. The van der Waals surface area contributed by atoms with Crippen LogP contribution in [0.25, 0.3) is 11.0 Å². The van der Waals surface area contributed by atoms with Crippen LogP contribution in [0.5, 0.6) is 11.5 Å². The van der Waals surface area contributed by atoms with Crippen LogP contribution in [0, 0.1) is 17.0 Å². The predicted molar refractivity (Wildman–Crippen MR) is 102 cm³/mol. The zero-order valence-electron chi connectivity index (χ0n) is 15.8. The van der Waals surface area contributed by atoms with Gasteiger partial charge in [-0.15, -0.1) is 0 Å². The lowest BCUT2D eigenvalue weighted by Crippen LogP contribution is -2.16. The highest BCUT2D eigenvalue weighted by molar-refractivity contribution is 5.86. The molecular formula is C21H16F3NO5. The molecule has 2 aromatic carbocycles. The summed E-state index contributed by atoms with van der Waals surface area (Å²) >= 11 is 0. The molecule has 156 valence electrons. The van der Waals surface area contributed by atoms with Crippen LogP contribution >= 0.6 is 0 Å². The maximum atomic E-state index is 12.9. The first kappa shape index (κ1) is 19.9. The summed E-state index contributed by atoms with van der Waals surface area (Å²) in [5.41, 5.74) is -0.0219. The van der Waals surface area contributed by atoms with E-state index in [4.69, 9.17) is 9.15 Å². The molecule has 0 fully saturated rings. The van der Waals surface area contributed by atoms with Crippen LogP contribution in [0.1, 0.15) is 35.1 Å². The molecule has 3 aromatic rings. The van der Waals surface area contributed by atoms with Crippen molar-refractivity contribution in [2.45, 2.75) is 38.8 Å². The summed E-state index contributed by atoms with van der Waals surface area (Å²) in [6, 6.07) is 5.35. The van der Waals surface area contributed by atoms with E-state index in [1.807, 2.05) is 0 Å². The number of nitro groups is 1. The second-order valence-corrected chi connectivity index (χ2v) is 7.16. The van der Waals surface area contributed by atoms with Crippen LogP contribution in [0.2, 0.25) is 0 Å². The summed E-state index contributed by atoms with van der Waals surface area (Å²) in [7, 11) is 0. The number of nitro benzene ring substituents is 1. The fourth-order valence-electron chi connectivity index (χ4n) is 3.78. The molecule has 30 heavy (non-hydrogen) atoms. The van der Waals surface area contributed by atoms with Gasteiger partial charge in [-0.05, 0) is 62.4 Å². The topological polar surface area (TPSA) is 82.6 Å². The zero-order valence-corrected chi connectivity index (χ0v) is 15.8. The Morgan fingerprint density at radius 2 is 1.73 bits per heavy atom. The van der Waals surface area contributed by atoms with Crippen molar-refractivity contribution < 1.29 is 27.2 Å². The first-order chi connectivity index (χ1) is 14.2. The molecule has 6 nitrogen and oxygen atoms in total. The minimum absolute atomic E-state index is 0.157. The third-order valence-corrected chi connectivity index (χ3v) is 5.29. The van der Waals surface area contributed by atoms with Crippen LogP contribution in [0.3, 0.4) is 0 Å². The number of aryl methyl sites for hydroxylation is 2. The van der Waals surface area contributed by atoms with E-state index in [9.17, 15) is 28.1 Å². The molecule has 0 spiro atoms. The minimum Gasteiger partial charge on any atom is -0.450 e. The van der Waals surface area contributed by atoms with Crippen LogP contribution in [0.15, 0.2) is 39.5 Å². The molecule has 1 aromatic heterocycles. The minimum atomic E-state index is -4.72. The van der Waals surface area contributed by atoms with E-state index < -0.39 is 28.0 Å². The Morgan fingerprint density at radius 1 is 1.07 bits per heavy atom. The Kier molecular flexibility index (Phi) is 4.76. The summed E-state index contributed by atoms with van der Waals surface area (Å²) in [4.78, 5) is 22.7. The third-order valence-electron chi connectivity index (χ3n) is 5.29. The van der Waals surface area contributed by atoms with Gasteiger partial charge in [-0.1, -0.05) is 0 Å². The standard InChI is InChI=1S/C21H16F3NO5/c1-11-17(29-18-8-6-12(21(22,23)24)10-16(18)25(27)28)9-7-14-13-4-2-3-5-15(13)20(26)30-19(11)14/h6-10H,2-5H2,1H3. The normalized spacial score (nSPS) is 13.9. The van der Waals surface area contributed by atoms with E-state index >= 15 is 0 Å². The molecule has 0 bridgehead atoms. The largest absolute Gasteiger partial charge is 0.450 e. The van der Waals surface area contributed by atoms with E-state index in [-0.39, 0.29) is 11.5 Å². The molecule has 0 atom stereocenters. The quantitative estimate of drug-likeness (QED) is 0.309. The molecular weight excluding hydrogens is 403 g/mol. The van der Waals surface area contributed by atoms with Gasteiger partial charge in [0.1, 0.15) is 11.3 Å². The van der Waals surface area contributed by atoms with Crippen molar-refractivity contribution in [3.05, 3.63) is 73.1 Å². The monoisotopic (exact) mass is 419 g/mol. The fourth-order valence-corrected chi connectivity index (χ4v) is 3.78. The molecule has 1 heterocycles. The highest BCUT2D eigenvalue weighted by Gasteiger charge is 2.33. The summed E-state index contributed by atoms with van der Waals surface area (Å²) in [5, 5.41) is 12.1. The number of hydrogen-bond acceptors (Lipinski definition) is 5. The van der Waals surface area contributed by atoms with E-state index in [1.54, 1.807) is 19.1 Å². The zero-order chi connectivity index (χ0) is 21.6. The maximum absolute atomic E-state index is 12.9.